The number of thiol groups is 1. The van der Waals surface area contributed by atoms with Crippen LogP contribution in [-0.2, 0) is 0 Å². The van der Waals surface area contributed by atoms with Gasteiger partial charge in [0.25, 0.3) is 0 Å². The molecule has 0 radical (unpaired) electrons. The third kappa shape index (κ3) is 5.95. The zero-order valence-corrected chi connectivity index (χ0v) is 10.6. The molecule has 0 spiro atoms. The van der Waals surface area contributed by atoms with Gasteiger partial charge in [0.1, 0.15) is 0 Å². The SMILES string of the molecule is CN1CCCNCC1.Nc1cncc(S)c1. The monoisotopic (exact) mass is 240 g/mol. The summed E-state index contributed by atoms with van der Waals surface area (Å²) in [7, 11) is 2.17. The van der Waals surface area contributed by atoms with Crippen LogP contribution in [0.25, 0.3) is 0 Å². The van der Waals surface area contributed by atoms with Crippen LogP contribution < -0.4 is 11.1 Å². The quantitative estimate of drug-likeness (QED) is 0.589. The number of nitrogens with zero attached hydrogens (tertiary/aromatic N) is 2. The molecule has 1 aromatic rings. The Morgan fingerprint density at radius 3 is 2.81 bits per heavy atom. The summed E-state index contributed by atoms with van der Waals surface area (Å²) in [5.74, 6) is 0. The largest absolute Gasteiger partial charge is 0.397 e. The molecule has 0 aliphatic carbocycles. The van der Waals surface area contributed by atoms with E-state index < -0.39 is 0 Å². The lowest BCUT2D eigenvalue weighted by molar-refractivity contribution is 0.358. The second-order valence-corrected chi connectivity index (χ2v) is 4.40. The zero-order chi connectivity index (χ0) is 11.8. The number of nitrogen functional groups attached to an aromatic ring is 1. The van der Waals surface area contributed by atoms with Crippen LogP contribution in [0.5, 0.6) is 0 Å². The highest BCUT2D eigenvalue weighted by atomic mass is 32.1. The second-order valence-electron chi connectivity index (χ2n) is 3.88. The normalized spacial score (nSPS) is 17.1. The van der Waals surface area contributed by atoms with E-state index in [4.69, 9.17) is 5.73 Å². The molecular weight excluding hydrogens is 220 g/mol. The van der Waals surface area contributed by atoms with Crippen LogP contribution in [0.3, 0.4) is 0 Å². The lowest BCUT2D eigenvalue weighted by Gasteiger charge is -2.09. The summed E-state index contributed by atoms with van der Waals surface area (Å²) >= 11 is 4.01. The average molecular weight is 240 g/mol. The average Bonchev–Trinajstić information content (AvgIpc) is 2.46. The van der Waals surface area contributed by atoms with Gasteiger partial charge in [-0.1, -0.05) is 0 Å². The number of likely N-dealkylation sites (N-methyl/N-ethyl adjacent to an activating group) is 1. The van der Waals surface area contributed by atoms with Gasteiger partial charge in [0.05, 0.1) is 5.69 Å². The summed E-state index contributed by atoms with van der Waals surface area (Å²) in [6, 6.07) is 1.75. The number of hydrogen-bond acceptors (Lipinski definition) is 5. The van der Waals surface area contributed by atoms with Gasteiger partial charge in [-0.05, 0) is 32.6 Å². The minimum atomic E-state index is 0.650. The Labute approximate surface area is 103 Å². The molecule has 5 heteroatoms. The first kappa shape index (κ1) is 13.3. The van der Waals surface area contributed by atoms with Crippen LogP contribution in [0.15, 0.2) is 23.4 Å². The van der Waals surface area contributed by atoms with E-state index in [1.54, 1.807) is 18.5 Å². The van der Waals surface area contributed by atoms with Crippen LogP contribution in [0.4, 0.5) is 5.69 Å². The molecule has 0 amide bonds. The van der Waals surface area contributed by atoms with Gasteiger partial charge in [0, 0.05) is 30.4 Å². The van der Waals surface area contributed by atoms with E-state index in [0.717, 1.165) is 11.4 Å². The zero-order valence-electron chi connectivity index (χ0n) is 9.69. The Hall–Kier alpha value is -0.780. The van der Waals surface area contributed by atoms with Crippen molar-refractivity contribution in [3.05, 3.63) is 18.5 Å². The standard InChI is InChI=1S/C6H14N2.C5H6N2S/c1-8-5-2-3-7-4-6-8;6-4-1-5(8)3-7-2-4/h7H,2-6H2,1H3;1-3,8H,6H2. The van der Waals surface area contributed by atoms with Gasteiger partial charge in [-0.2, -0.15) is 0 Å². The number of anilines is 1. The molecule has 1 aliphatic heterocycles. The fraction of sp³-hybridized carbons (Fsp3) is 0.545. The van der Waals surface area contributed by atoms with Crippen LogP contribution >= 0.6 is 12.6 Å². The first-order valence-corrected chi connectivity index (χ1v) is 5.92. The molecule has 4 nitrogen and oxygen atoms in total. The minimum absolute atomic E-state index is 0.650. The third-order valence-electron chi connectivity index (χ3n) is 2.31. The number of pyridine rings is 1. The van der Waals surface area contributed by atoms with E-state index in [2.05, 4.69) is 34.9 Å². The summed E-state index contributed by atoms with van der Waals surface area (Å²) in [5, 5.41) is 3.34. The first-order valence-electron chi connectivity index (χ1n) is 5.47. The highest BCUT2D eigenvalue weighted by molar-refractivity contribution is 7.80. The van der Waals surface area contributed by atoms with Gasteiger partial charge in [-0.25, -0.2) is 0 Å². The highest BCUT2D eigenvalue weighted by Crippen LogP contribution is 2.06. The van der Waals surface area contributed by atoms with Crippen molar-refractivity contribution in [2.24, 2.45) is 0 Å². The van der Waals surface area contributed by atoms with E-state index >= 15 is 0 Å². The molecule has 0 atom stereocenters. The Morgan fingerprint density at radius 2 is 2.19 bits per heavy atom. The number of hydrogen-bond donors (Lipinski definition) is 3. The summed E-state index contributed by atoms with van der Waals surface area (Å²) in [5.41, 5.74) is 6.00. The molecule has 0 saturated carbocycles. The molecule has 1 saturated heterocycles. The Bertz CT molecular complexity index is 281. The van der Waals surface area contributed by atoms with Crippen molar-refractivity contribution in [3.8, 4) is 0 Å². The molecule has 16 heavy (non-hydrogen) atoms. The first-order chi connectivity index (χ1) is 7.68. The van der Waals surface area contributed by atoms with E-state index in [-0.39, 0.29) is 0 Å². The minimum Gasteiger partial charge on any atom is -0.397 e. The van der Waals surface area contributed by atoms with Crippen molar-refractivity contribution in [3.63, 3.8) is 0 Å². The van der Waals surface area contributed by atoms with Crippen molar-refractivity contribution in [2.45, 2.75) is 11.3 Å². The van der Waals surface area contributed by atoms with E-state index in [9.17, 15) is 0 Å². The van der Waals surface area contributed by atoms with Crippen LogP contribution in [0, 0.1) is 0 Å². The Morgan fingerprint density at radius 1 is 1.38 bits per heavy atom. The predicted molar refractivity (Wildman–Crippen MR) is 70.9 cm³/mol. The van der Waals surface area contributed by atoms with Gasteiger partial charge in [0.2, 0.25) is 0 Å². The molecule has 0 aromatic carbocycles. The van der Waals surface area contributed by atoms with Crippen LogP contribution in [0.1, 0.15) is 6.42 Å². The second kappa shape index (κ2) is 7.49. The molecule has 1 aromatic heterocycles. The fourth-order valence-electron chi connectivity index (χ4n) is 1.43. The number of nitrogens with one attached hydrogen (secondary N) is 1. The van der Waals surface area contributed by atoms with Crippen molar-refractivity contribution < 1.29 is 0 Å². The maximum atomic E-state index is 5.35. The van der Waals surface area contributed by atoms with Gasteiger partial charge < -0.3 is 16.0 Å². The smallest absolute Gasteiger partial charge is 0.0511 e. The topological polar surface area (TPSA) is 54.2 Å². The molecule has 90 valence electrons. The Balaban J connectivity index is 0.000000160. The summed E-state index contributed by atoms with van der Waals surface area (Å²) in [4.78, 5) is 6.94. The lowest BCUT2D eigenvalue weighted by Crippen LogP contribution is -2.23. The molecule has 0 bridgehead atoms. The maximum absolute atomic E-state index is 5.35. The molecule has 1 fully saturated rings. The van der Waals surface area contributed by atoms with Crippen molar-refractivity contribution in [2.75, 3.05) is 39.0 Å². The van der Waals surface area contributed by atoms with Gasteiger partial charge >= 0.3 is 0 Å². The Kier molecular flexibility index (Phi) is 6.22. The molecule has 2 rings (SSSR count). The maximum Gasteiger partial charge on any atom is 0.0511 e. The van der Waals surface area contributed by atoms with Crippen molar-refractivity contribution in [1.82, 2.24) is 15.2 Å². The predicted octanol–water partition coefficient (Wildman–Crippen LogP) is 0.864. The van der Waals surface area contributed by atoms with Gasteiger partial charge in [-0.3, -0.25) is 4.98 Å². The van der Waals surface area contributed by atoms with Crippen LogP contribution in [0.2, 0.25) is 0 Å². The van der Waals surface area contributed by atoms with Gasteiger partial charge in [-0.15, -0.1) is 12.6 Å². The number of rotatable bonds is 0. The van der Waals surface area contributed by atoms with Crippen molar-refractivity contribution >= 4 is 18.3 Å². The number of aromatic nitrogens is 1. The highest BCUT2D eigenvalue weighted by Gasteiger charge is 2.00. The van der Waals surface area contributed by atoms with E-state index in [0.29, 0.717) is 5.69 Å². The molecule has 3 N–H and O–H groups in total. The lowest BCUT2D eigenvalue weighted by atomic mass is 10.4. The van der Waals surface area contributed by atoms with Crippen LogP contribution in [-0.4, -0.2) is 43.1 Å². The van der Waals surface area contributed by atoms with Gasteiger partial charge in [0.15, 0.2) is 0 Å². The molecule has 1 aliphatic rings. The summed E-state index contributed by atoms with van der Waals surface area (Å²) in [6.45, 7) is 4.83. The number of nitrogens with two attached hydrogens (primary N) is 1. The third-order valence-corrected chi connectivity index (χ3v) is 2.55. The molecular formula is C11H20N4S. The summed E-state index contributed by atoms with van der Waals surface area (Å²) < 4.78 is 0. The van der Waals surface area contributed by atoms with E-state index in [1.807, 2.05) is 0 Å². The van der Waals surface area contributed by atoms with Crippen molar-refractivity contribution in [1.29, 1.82) is 0 Å². The molecule has 0 unspecified atom stereocenters. The van der Waals surface area contributed by atoms with E-state index in [1.165, 1.54) is 26.1 Å². The summed E-state index contributed by atoms with van der Waals surface area (Å²) in [6.07, 6.45) is 4.52. The fourth-order valence-corrected chi connectivity index (χ4v) is 1.64. The molecule has 2 heterocycles.